The molecule has 1 aliphatic heterocycles. The van der Waals surface area contributed by atoms with Gasteiger partial charge < -0.3 is 16.4 Å². The summed E-state index contributed by atoms with van der Waals surface area (Å²) < 4.78 is 0. The zero-order chi connectivity index (χ0) is 15.6. The highest BCUT2D eigenvalue weighted by Crippen LogP contribution is 2.23. The number of nitrogen functional groups attached to an aromatic ring is 1. The predicted octanol–water partition coefficient (Wildman–Crippen LogP) is 0.188. The van der Waals surface area contributed by atoms with E-state index in [-0.39, 0.29) is 24.1 Å². The van der Waals surface area contributed by atoms with Crippen molar-refractivity contribution >= 4 is 29.1 Å². The largest absolute Gasteiger partial charge is 0.397 e. The lowest BCUT2D eigenvalue weighted by Gasteiger charge is -2.15. The Morgan fingerprint density at radius 3 is 2.67 bits per heavy atom. The molecule has 21 heavy (non-hydrogen) atoms. The van der Waals surface area contributed by atoms with Gasteiger partial charge in [-0.2, -0.15) is 0 Å². The van der Waals surface area contributed by atoms with Gasteiger partial charge in [0.15, 0.2) is 0 Å². The Balaban J connectivity index is 2.13. The average Bonchev–Trinajstić information content (AvgIpc) is 2.69. The molecule has 4 N–H and O–H groups in total. The number of nitrogens with one attached hydrogen (secondary N) is 2. The van der Waals surface area contributed by atoms with Crippen molar-refractivity contribution in [2.24, 2.45) is 0 Å². The number of rotatable bonds is 4. The molecule has 1 aromatic rings. The second-order valence-corrected chi connectivity index (χ2v) is 4.85. The summed E-state index contributed by atoms with van der Waals surface area (Å²) in [4.78, 5) is 36.1. The van der Waals surface area contributed by atoms with Gasteiger partial charge >= 0.3 is 0 Å². The number of anilines is 2. The third-order valence-electron chi connectivity index (χ3n) is 3.36. The number of carbonyl (C=O) groups excluding carboxylic acids is 3. The monoisotopic (exact) mass is 290 g/mol. The lowest BCUT2D eigenvalue weighted by Crippen LogP contribution is -2.32. The highest BCUT2D eigenvalue weighted by Gasteiger charge is 2.36. The fourth-order valence-corrected chi connectivity index (χ4v) is 2.15. The van der Waals surface area contributed by atoms with E-state index in [1.165, 1.54) is 13.1 Å². The number of hydrogen-bond donors (Lipinski definition) is 3. The summed E-state index contributed by atoms with van der Waals surface area (Å²) in [6, 6.07) is 4.18. The summed E-state index contributed by atoms with van der Waals surface area (Å²) in [5.74, 6) is -0.718. The van der Waals surface area contributed by atoms with E-state index < -0.39 is 6.04 Å². The van der Waals surface area contributed by atoms with Crippen LogP contribution < -0.4 is 16.4 Å². The second-order valence-electron chi connectivity index (χ2n) is 4.85. The number of nitrogens with zero attached hydrogens (tertiary/aromatic N) is 1. The third-order valence-corrected chi connectivity index (χ3v) is 3.36. The number of amides is 3. The molecule has 3 amide bonds. The molecule has 0 spiro atoms. The first kappa shape index (κ1) is 14.8. The van der Waals surface area contributed by atoms with Crippen molar-refractivity contribution in [3.8, 4) is 0 Å². The molecule has 0 bridgehead atoms. The molecule has 1 atom stereocenters. The molecular weight excluding hydrogens is 272 g/mol. The lowest BCUT2D eigenvalue weighted by molar-refractivity contribution is -0.136. The molecule has 7 nitrogen and oxygen atoms in total. The molecule has 1 aliphatic rings. The smallest absolute Gasteiger partial charge is 0.251 e. The van der Waals surface area contributed by atoms with Gasteiger partial charge in [-0.3, -0.25) is 19.3 Å². The first-order chi connectivity index (χ1) is 9.93. The Hall–Kier alpha value is -2.57. The second kappa shape index (κ2) is 5.82. The summed E-state index contributed by atoms with van der Waals surface area (Å²) >= 11 is 0. The highest BCUT2D eigenvalue weighted by atomic mass is 16.2. The SMILES string of the molecule is CCNC(=O)c1ccc(NC2CC(=O)N(C)C2=O)c(N)c1. The van der Waals surface area contributed by atoms with E-state index in [0.29, 0.717) is 23.5 Å². The van der Waals surface area contributed by atoms with E-state index in [1.54, 1.807) is 12.1 Å². The van der Waals surface area contributed by atoms with Crippen molar-refractivity contribution in [2.75, 3.05) is 24.6 Å². The van der Waals surface area contributed by atoms with Gasteiger partial charge in [0.2, 0.25) is 5.91 Å². The van der Waals surface area contributed by atoms with Gasteiger partial charge in [-0.05, 0) is 25.1 Å². The maximum atomic E-state index is 11.8. The fraction of sp³-hybridized carbons (Fsp3) is 0.357. The van der Waals surface area contributed by atoms with Crippen LogP contribution in [0.1, 0.15) is 23.7 Å². The number of hydrogen-bond acceptors (Lipinski definition) is 5. The van der Waals surface area contributed by atoms with Gasteiger partial charge in [0.05, 0.1) is 17.8 Å². The van der Waals surface area contributed by atoms with Gasteiger partial charge in [0.25, 0.3) is 11.8 Å². The third kappa shape index (κ3) is 2.96. The van der Waals surface area contributed by atoms with Crippen molar-refractivity contribution in [3.05, 3.63) is 23.8 Å². The Morgan fingerprint density at radius 1 is 1.43 bits per heavy atom. The zero-order valence-electron chi connectivity index (χ0n) is 12.0. The van der Waals surface area contributed by atoms with Crippen LogP contribution >= 0.6 is 0 Å². The minimum atomic E-state index is -0.611. The van der Waals surface area contributed by atoms with E-state index in [0.717, 1.165) is 4.90 Å². The average molecular weight is 290 g/mol. The highest BCUT2D eigenvalue weighted by molar-refractivity contribution is 6.06. The van der Waals surface area contributed by atoms with Crippen LogP contribution in [-0.4, -0.2) is 42.3 Å². The maximum absolute atomic E-state index is 11.8. The Labute approximate surface area is 122 Å². The van der Waals surface area contributed by atoms with E-state index in [2.05, 4.69) is 10.6 Å². The molecular formula is C14H18N4O3. The molecule has 2 rings (SSSR count). The normalized spacial score (nSPS) is 18.0. The number of likely N-dealkylation sites (tertiary alicyclic amines) is 1. The summed E-state index contributed by atoms with van der Waals surface area (Å²) in [6.07, 6.45) is 0.104. The Bertz CT molecular complexity index is 600. The van der Waals surface area contributed by atoms with Crippen LogP contribution in [0.5, 0.6) is 0 Å². The fourth-order valence-electron chi connectivity index (χ4n) is 2.15. The Morgan fingerprint density at radius 2 is 2.14 bits per heavy atom. The number of nitrogens with two attached hydrogens (primary N) is 1. The maximum Gasteiger partial charge on any atom is 0.251 e. The molecule has 1 saturated heterocycles. The number of carbonyl (C=O) groups is 3. The van der Waals surface area contributed by atoms with Crippen molar-refractivity contribution in [1.82, 2.24) is 10.2 Å². The molecule has 112 valence electrons. The summed E-state index contributed by atoms with van der Waals surface area (Å²) in [7, 11) is 1.45. The van der Waals surface area contributed by atoms with Gasteiger partial charge in [-0.1, -0.05) is 0 Å². The van der Waals surface area contributed by atoms with Crippen LogP contribution in [0, 0.1) is 0 Å². The van der Waals surface area contributed by atoms with Crippen molar-refractivity contribution in [2.45, 2.75) is 19.4 Å². The predicted molar refractivity (Wildman–Crippen MR) is 78.7 cm³/mol. The quantitative estimate of drug-likeness (QED) is 0.542. The summed E-state index contributed by atoms with van der Waals surface area (Å²) in [5.41, 5.74) is 7.23. The van der Waals surface area contributed by atoms with E-state index in [1.807, 2.05) is 6.92 Å². The van der Waals surface area contributed by atoms with E-state index >= 15 is 0 Å². The molecule has 0 aliphatic carbocycles. The molecule has 0 saturated carbocycles. The van der Waals surface area contributed by atoms with E-state index in [9.17, 15) is 14.4 Å². The summed E-state index contributed by atoms with van der Waals surface area (Å²) in [6.45, 7) is 2.36. The topological polar surface area (TPSA) is 105 Å². The van der Waals surface area contributed by atoms with Crippen molar-refractivity contribution in [3.63, 3.8) is 0 Å². The van der Waals surface area contributed by atoms with Gasteiger partial charge in [0, 0.05) is 19.2 Å². The lowest BCUT2D eigenvalue weighted by atomic mass is 10.1. The van der Waals surface area contributed by atoms with Crippen LogP contribution in [0.4, 0.5) is 11.4 Å². The van der Waals surface area contributed by atoms with Crippen LogP contribution in [-0.2, 0) is 9.59 Å². The van der Waals surface area contributed by atoms with Gasteiger partial charge in [-0.25, -0.2) is 0 Å². The molecule has 1 unspecified atom stereocenters. The van der Waals surface area contributed by atoms with Crippen LogP contribution in [0.15, 0.2) is 18.2 Å². The number of imide groups is 1. The minimum Gasteiger partial charge on any atom is -0.397 e. The molecule has 1 fully saturated rings. The van der Waals surface area contributed by atoms with Crippen LogP contribution in [0.2, 0.25) is 0 Å². The molecule has 0 aromatic heterocycles. The van der Waals surface area contributed by atoms with Gasteiger partial charge in [0.1, 0.15) is 6.04 Å². The van der Waals surface area contributed by atoms with Crippen LogP contribution in [0.3, 0.4) is 0 Å². The molecule has 1 heterocycles. The first-order valence-corrected chi connectivity index (χ1v) is 6.68. The first-order valence-electron chi connectivity index (χ1n) is 6.68. The minimum absolute atomic E-state index is 0.104. The number of likely N-dealkylation sites (N-methyl/N-ethyl adjacent to an activating group) is 1. The van der Waals surface area contributed by atoms with Crippen LogP contribution in [0.25, 0.3) is 0 Å². The Kier molecular flexibility index (Phi) is 4.11. The van der Waals surface area contributed by atoms with Crippen molar-refractivity contribution < 1.29 is 14.4 Å². The number of benzene rings is 1. The molecule has 1 aromatic carbocycles. The molecule has 0 radical (unpaired) electrons. The van der Waals surface area contributed by atoms with Gasteiger partial charge in [-0.15, -0.1) is 0 Å². The standard InChI is InChI=1S/C14H18N4O3/c1-3-16-13(20)8-4-5-10(9(15)6-8)17-11-7-12(19)18(2)14(11)21/h4-6,11,17H,3,7,15H2,1-2H3,(H,16,20). The van der Waals surface area contributed by atoms with E-state index in [4.69, 9.17) is 5.73 Å². The molecule has 7 heteroatoms. The van der Waals surface area contributed by atoms with Crippen molar-refractivity contribution in [1.29, 1.82) is 0 Å². The summed E-state index contributed by atoms with van der Waals surface area (Å²) in [5, 5.41) is 5.63. The zero-order valence-corrected chi connectivity index (χ0v) is 12.0.